The van der Waals surface area contributed by atoms with Gasteiger partial charge in [-0.25, -0.2) is 13.2 Å². The number of carbonyl (C=O) groups excluding carboxylic acids is 1. The number of sulfone groups is 1. The fourth-order valence-corrected chi connectivity index (χ4v) is 5.53. The first-order valence-corrected chi connectivity index (χ1v) is 9.99. The average molecular weight is 361 g/mol. The zero-order valence-electron chi connectivity index (χ0n) is 13.8. The van der Waals surface area contributed by atoms with E-state index in [2.05, 4.69) is 20.8 Å². The topological polar surface area (TPSA) is 104 Å². The van der Waals surface area contributed by atoms with Gasteiger partial charge in [-0.1, -0.05) is 6.07 Å². The molecule has 9 heteroatoms. The Morgan fingerprint density at radius 1 is 1.32 bits per heavy atom. The van der Waals surface area contributed by atoms with Gasteiger partial charge in [0, 0.05) is 24.5 Å². The summed E-state index contributed by atoms with van der Waals surface area (Å²) >= 11 is 0. The molecule has 0 radical (unpaired) electrons. The van der Waals surface area contributed by atoms with E-state index in [9.17, 15) is 13.2 Å². The van der Waals surface area contributed by atoms with Crippen LogP contribution in [0.15, 0.2) is 24.3 Å². The lowest BCUT2D eigenvalue weighted by atomic mass is 10.1. The van der Waals surface area contributed by atoms with Crippen molar-refractivity contribution in [3.8, 4) is 0 Å². The van der Waals surface area contributed by atoms with Gasteiger partial charge in [0.15, 0.2) is 9.84 Å². The molecule has 3 heterocycles. The summed E-state index contributed by atoms with van der Waals surface area (Å²) in [7, 11) is -3.11. The van der Waals surface area contributed by atoms with Crippen molar-refractivity contribution >= 4 is 32.5 Å². The zero-order chi connectivity index (χ0) is 17.6. The molecular formula is C16H19N5O3S. The number of aromatic nitrogens is 2. The fourth-order valence-electron chi connectivity index (χ4n) is 3.58. The first-order chi connectivity index (χ1) is 11.9. The molecule has 2 aliphatic heterocycles. The van der Waals surface area contributed by atoms with Gasteiger partial charge >= 0.3 is 6.03 Å². The largest absolute Gasteiger partial charge is 0.322 e. The van der Waals surface area contributed by atoms with Crippen LogP contribution in [0.25, 0.3) is 10.9 Å². The van der Waals surface area contributed by atoms with Crippen molar-refractivity contribution in [3.05, 3.63) is 30.0 Å². The molecule has 2 aromatic rings. The predicted octanol–water partition coefficient (Wildman–Crippen LogP) is 0.541. The molecule has 4 rings (SSSR count). The summed E-state index contributed by atoms with van der Waals surface area (Å²) in [6.07, 6.45) is 0. The van der Waals surface area contributed by atoms with Gasteiger partial charge in [-0.15, -0.1) is 0 Å². The molecule has 8 nitrogen and oxygen atoms in total. The van der Waals surface area contributed by atoms with E-state index in [0.29, 0.717) is 24.3 Å². The summed E-state index contributed by atoms with van der Waals surface area (Å²) in [6.45, 7) is 2.91. The monoisotopic (exact) mass is 361 g/mol. The van der Waals surface area contributed by atoms with Crippen LogP contribution in [0.1, 0.15) is 5.69 Å². The van der Waals surface area contributed by atoms with Gasteiger partial charge < -0.3 is 15.5 Å². The second-order valence-corrected chi connectivity index (χ2v) is 8.71. The van der Waals surface area contributed by atoms with E-state index in [1.54, 1.807) is 4.90 Å². The number of nitrogens with one attached hydrogen (secondary N) is 2. The second kappa shape index (κ2) is 5.92. The van der Waals surface area contributed by atoms with E-state index in [-0.39, 0.29) is 29.6 Å². The van der Waals surface area contributed by atoms with Crippen LogP contribution < -0.4 is 10.6 Å². The third kappa shape index (κ3) is 3.05. The molecule has 2 aliphatic rings. The van der Waals surface area contributed by atoms with Gasteiger partial charge in [-0.3, -0.25) is 0 Å². The van der Waals surface area contributed by atoms with E-state index >= 15 is 0 Å². The fraction of sp³-hybridized carbons (Fsp3) is 0.438. The molecule has 2 saturated heterocycles. The summed E-state index contributed by atoms with van der Waals surface area (Å²) in [6, 6.07) is 6.53. The van der Waals surface area contributed by atoms with Crippen molar-refractivity contribution in [1.82, 2.24) is 20.4 Å². The lowest BCUT2D eigenvalue weighted by molar-refractivity contribution is 0.163. The number of piperazine rings is 1. The van der Waals surface area contributed by atoms with Gasteiger partial charge in [0.05, 0.1) is 34.4 Å². The maximum absolute atomic E-state index is 12.8. The average Bonchev–Trinajstić information content (AvgIpc) is 2.89. The van der Waals surface area contributed by atoms with Crippen LogP contribution >= 0.6 is 0 Å². The first-order valence-electron chi connectivity index (χ1n) is 8.17. The molecule has 132 valence electrons. The van der Waals surface area contributed by atoms with Crippen molar-refractivity contribution in [3.63, 3.8) is 0 Å². The Hall–Kier alpha value is -2.26. The Kier molecular flexibility index (Phi) is 3.84. The number of urea groups is 1. The van der Waals surface area contributed by atoms with Crippen molar-refractivity contribution in [2.24, 2.45) is 0 Å². The Bertz CT molecular complexity index is 946. The number of amides is 2. The molecule has 1 aromatic heterocycles. The Labute approximate surface area is 145 Å². The molecule has 25 heavy (non-hydrogen) atoms. The molecular weight excluding hydrogens is 342 g/mol. The highest BCUT2D eigenvalue weighted by atomic mass is 32.2. The minimum atomic E-state index is -3.11. The molecule has 0 saturated carbocycles. The number of hydrogen-bond acceptors (Lipinski definition) is 6. The molecule has 2 amide bonds. The third-order valence-corrected chi connectivity index (χ3v) is 6.45. The highest BCUT2D eigenvalue weighted by Crippen LogP contribution is 2.25. The summed E-state index contributed by atoms with van der Waals surface area (Å²) in [5.74, 6) is 0.0999. The number of nitrogens with zero attached hydrogens (tertiary/aromatic N) is 3. The number of rotatable bonds is 1. The predicted molar refractivity (Wildman–Crippen MR) is 94.2 cm³/mol. The lowest BCUT2D eigenvalue weighted by Gasteiger charge is -2.37. The second-order valence-electron chi connectivity index (χ2n) is 6.55. The van der Waals surface area contributed by atoms with E-state index in [4.69, 9.17) is 0 Å². The summed E-state index contributed by atoms with van der Waals surface area (Å²) in [5.41, 5.74) is 2.11. The number of carbonyl (C=O) groups is 1. The van der Waals surface area contributed by atoms with Crippen LogP contribution in [0.3, 0.4) is 0 Å². The molecule has 0 spiro atoms. The number of benzene rings is 1. The quantitative estimate of drug-likeness (QED) is 0.768. The first kappa shape index (κ1) is 16.2. The molecule has 2 atom stereocenters. The molecule has 1 aromatic carbocycles. The molecule has 0 aliphatic carbocycles. The number of aryl methyl sites for hydroxylation is 1. The smallest absolute Gasteiger partial charge is 0.318 e. The van der Waals surface area contributed by atoms with E-state index in [0.717, 1.165) is 11.1 Å². The van der Waals surface area contributed by atoms with Crippen LogP contribution in [0.4, 0.5) is 10.5 Å². The van der Waals surface area contributed by atoms with Crippen molar-refractivity contribution in [2.75, 3.05) is 29.9 Å². The minimum absolute atomic E-state index is 0.0121. The van der Waals surface area contributed by atoms with E-state index in [1.807, 2.05) is 31.2 Å². The Morgan fingerprint density at radius 3 is 3.00 bits per heavy atom. The lowest BCUT2D eigenvalue weighted by Crippen LogP contribution is -2.59. The van der Waals surface area contributed by atoms with Gasteiger partial charge in [0.25, 0.3) is 0 Å². The van der Waals surface area contributed by atoms with Crippen molar-refractivity contribution < 1.29 is 13.2 Å². The number of fused-ring (bicyclic) bond motifs is 2. The molecule has 2 fully saturated rings. The van der Waals surface area contributed by atoms with Gasteiger partial charge in [0.2, 0.25) is 0 Å². The Balaban J connectivity index is 1.61. The highest BCUT2D eigenvalue weighted by molar-refractivity contribution is 7.91. The van der Waals surface area contributed by atoms with Gasteiger partial charge in [0.1, 0.15) is 0 Å². The summed E-state index contributed by atoms with van der Waals surface area (Å²) in [4.78, 5) is 14.4. The van der Waals surface area contributed by atoms with Crippen LogP contribution in [0.2, 0.25) is 0 Å². The zero-order valence-corrected chi connectivity index (χ0v) is 14.6. The molecule has 0 unspecified atom stereocenters. The number of anilines is 1. The SMILES string of the molecule is Cc1cc2c(NC(=O)N3CCN[C@@H]4CS(=O)(=O)C[C@@H]43)cccc2nn1. The van der Waals surface area contributed by atoms with Crippen LogP contribution in [0, 0.1) is 6.92 Å². The van der Waals surface area contributed by atoms with Crippen LogP contribution in [-0.2, 0) is 9.84 Å². The minimum Gasteiger partial charge on any atom is -0.318 e. The maximum atomic E-state index is 12.8. The normalized spacial score (nSPS) is 24.9. The molecule has 0 bridgehead atoms. The standard InChI is InChI=1S/C16H19N5O3S/c1-10-7-11-12(3-2-4-13(11)20-19-10)18-16(22)21-6-5-17-14-8-25(23,24)9-15(14)21/h2-4,7,14-15,17H,5-6,8-9H2,1H3,(H,18,22)/t14-,15+/m1/s1. The highest BCUT2D eigenvalue weighted by Gasteiger charge is 2.44. The van der Waals surface area contributed by atoms with Crippen molar-refractivity contribution in [1.29, 1.82) is 0 Å². The van der Waals surface area contributed by atoms with Gasteiger partial charge in [-0.2, -0.15) is 10.2 Å². The molecule has 2 N–H and O–H groups in total. The third-order valence-electron chi connectivity index (χ3n) is 4.74. The van der Waals surface area contributed by atoms with E-state index < -0.39 is 9.84 Å². The Morgan fingerprint density at radius 2 is 2.16 bits per heavy atom. The van der Waals surface area contributed by atoms with Crippen LogP contribution in [-0.4, -0.2) is 66.2 Å². The van der Waals surface area contributed by atoms with Gasteiger partial charge in [-0.05, 0) is 25.1 Å². The maximum Gasteiger partial charge on any atom is 0.322 e. The van der Waals surface area contributed by atoms with E-state index in [1.165, 1.54) is 0 Å². The summed E-state index contributed by atoms with van der Waals surface area (Å²) < 4.78 is 23.8. The number of hydrogen-bond donors (Lipinski definition) is 2. The summed E-state index contributed by atoms with van der Waals surface area (Å²) in [5, 5.41) is 15.1. The van der Waals surface area contributed by atoms with Crippen LogP contribution in [0.5, 0.6) is 0 Å². The van der Waals surface area contributed by atoms with Crippen molar-refractivity contribution in [2.45, 2.75) is 19.0 Å².